The second kappa shape index (κ2) is 10.5. The number of carbonyl (C=O) groups is 3. The highest BCUT2D eigenvalue weighted by molar-refractivity contribution is 5.98. The number of nitrogens with zero attached hydrogens (tertiary/aromatic N) is 1. The third-order valence-electron chi connectivity index (χ3n) is 6.16. The maximum atomic E-state index is 14.0. The van der Waals surface area contributed by atoms with Gasteiger partial charge in [-0.1, -0.05) is 19.1 Å². The quantitative estimate of drug-likeness (QED) is 0.650. The number of likely N-dealkylation sites (tertiary alicyclic amines) is 1. The van der Waals surface area contributed by atoms with E-state index in [-0.39, 0.29) is 36.0 Å². The summed E-state index contributed by atoms with van der Waals surface area (Å²) in [7, 11) is 0. The zero-order valence-electron chi connectivity index (χ0n) is 19.0. The van der Waals surface area contributed by atoms with Gasteiger partial charge >= 0.3 is 0 Å². The van der Waals surface area contributed by atoms with Crippen molar-refractivity contribution in [3.8, 4) is 11.5 Å². The molecule has 0 bridgehead atoms. The van der Waals surface area contributed by atoms with Crippen LogP contribution >= 0.6 is 0 Å². The molecule has 180 valence electrons. The molecule has 1 saturated heterocycles. The van der Waals surface area contributed by atoms with Gasteiger partial charge in [-0.05, 0) is 55.5 Å². The van der Waals surface area contributed by atoms with Crippen molar-refractivity contribution < 1.29 is 28.2 Å². The lowest BCUT2D eigenvalue weighted by Crippen LogP contribution is -2.54. The van der Waals surface area contributed by atoms with E-state index in [1.807, 2.05) is 6.92 Å². The van der Waals surface area contributed by atoms with E-state index in [0.29, 0.717) is 49.5 Å². The Balaban J connectivity index is 1.44. The Morgan fingerprint density at radius 1 is 1.09 bits per heavy atom. The normalized spacial score (nSPS) is 16.1. The van der Waals surface area contributed by atoms with Crippen LogP contribution in [0.5, 0.6) is 11.5 Å². The van der Waals surface area contributed by atoms with E-state index in [1.165, 1.54) is 12.1 Å². The van der Waals surface area contributed by atoms with Crippen molar-refractivity contribution >= 4 is 17.7 Å². The first-order chi connectivity index (χ1) is 16.5. The molecule has 2 aliphatic rings. The van der Waals surface area contributed by atoms with E-state index >= 15 is 0 Å². The van der Waals surface area contributed by atoms with E-state index in [1.54, 1.807) is 35.2 Å². The molecule has 0 aromatic heterocycles. The molecular weight excluding hydrogens is 441 g/mol. The standard InChI is InChI=1S/C25H28FN3O5/c1-2-11-27-24(31)22(28-23(30)17-7-8-20-21(14-17)34-15-33-20)16-9-12-29(13-10-16)25(32)18-5-3-4-6-19(18)26/h3-8,14,16,22H,2,9-13,15H2,1H3,(H,27,31)(H,28,30)/t22-/m0/s1. The van der Waals surface area contributed by atoms with Crippen LogP contribution in [0.2, 0.25) is 0 Å². The van der Waals surface area contributed by atoms with Crippen LogP contribution in [0.25, 0.3) is 0 Å². The van der Waals surface area contributed by atoms with Crippen molar-refractivity contribution in [2.24, 2.45) is 5.92 Å². The molecule has 0 unspecified atom stereocenters. The molecule has 2 heterocycles. The van der Waals surface area contributed by atoms with Gasteiger partial charge in [-0.2, -0.15) is 0 Å². The number of halogens is 1. The molecule has 0 radical (unpaired) electrons. The highest BCUT2D eigenvalue weighted by atomic mass is 19.1. The predicted octanol–water partition coefficient (Wildman–Crippen LogP) is 2.73. The van der Waals surface area contributed by atoms with Crippen LogP contribution in [0.1, 0.15) is 46.9 Å². The lowest BCUT2D eigenvalue weighted by atomic mass is 9.88. The van der Waals surface area contributed by atoms with Gasteiger partial charge in [0.25, 0.3) is 11.8 Å². The third kappa shape index (κ3) is 5.13. The van der Waals surface area contributed by atoms with E-state index in [2.05, 4.69) is 10.6 Å². The Morgan fingerprint density at radius 2 is 1.82 bits per heavy atom. The minimum atomic E-state index is -0.754. The summed E-state index contributed by atoms with van der Waals surface area (Å²) < 4.78 is 24.7. The Kier molecular flexibility index (Phi) is 7.30. The monoisotopic (exact) mass is 469 g/mol. The van der Waals surface area contributed by atoms with Crippen molar-refractivity contribution in [1.29, 1.82) is 0 Å². The fourth-order valence-electron chi connectivity index (χ4n) is 4.26. The van der Waals surface area contributed by atoms with Gasteiger partial charge in [0.2, 0.25) is 12.7 Å². The number of rotatable bonds is 7. The van der Waals surface area contributed by atoms with E-state index in [4.69, 9.17) is 9.47 Å². The number of nitrogens with one attached hydrogen (secondary N) is 2. The van der Waals surface area contributed by atoms with Gasteiger partial charge < -0.3 is 25.0 Å². The van der Waals surface area contributed by atoms with Gasteiger partial charge in [0, 0.05) is 25.2 Å². The topological polar surface area (TPSA) is 97.0 Å². The van der Waals surface area contributed by atoms with Crippen LogP contribution in [-0.4, -0.2) is 55.1 Å². The number of hydrogen-bond donors (Lipinski definition) is 2. The second-order valence-electron chi connectivity index (χ2n) is 8.42. The Hall–Kier alpha value is -3.62. The number of hydrogen-bond acceptors (Lipinski definition) is 5. The molecule has 0 spiro atoms. The van der Waals surface area contributed by atoms with Crippen LogP contribution in [0.15, 0.2) is 42.5 Å². The van der Waals surface area contributed by atoms with Crippen molar-refractivity contribution in [2.75, 3.05) is 26.4 Å². The third-order valence-corrected chi connectivity index (χ3v) is 6.16. The molecule has 4 rings (SSSR count). The first-order valence-corrected chi connectivity index (χ1v) is 11.5. The molecule has 3 amide bonds. The van der Waals surface area contributed by atoms with Gasteiger partial charge in [-0.15, -0.1) is 0 Å². The van der Waals surface area contributed by atoms with Crippen LogP contribution in [0.3, 0.4) is 0 Å². The van der Waals surface area contributed by atoms with Crippen LogP contribution in [-0.2, 0) is 4.79 Å². The fourth-order valence-corrected chi connectivity index (χ4v) is 4.26. The molecule has 8 nitrogen and oxygen atoms in total. The second-order valence-corrected chi connectivity index (χ2v) is 8.42. The molecule has 0 saturated carbocycles. The van der Waals surface area contributed by atoms with Crippen LogP contribution < -0.4 is 20.1 Å². The summed E-state index contributed by atoms with van der Waals surface area (Å²) in [4.78, 5) is 40.2. The zero-order valence-corrected chi connectivity index (χ0v) is 19.0. The first-order valence-electron chi connectivity index (χ1n) is 11.5. The number of ether oxygens (including phenoxy) is 2. The number of carbonyl (C=O) groups excluding carboxylic acids is 3. The molecule has 2 aromatic rings. The number of amides is 3. The summed E-state index contributed by atoms with van der Waals surface area (Å²) >= 11 is 0. The average Bonchev–Trinajstić information content (AvgIpc) is 3.34. The lowest BCUT2D eigenvalue weighted by molar-refractivity contribution is -0.124. The zero-order chi connectivity index (χ0) is 24.1. The maximum Gasteiger partial charge on any atom is 0.256 e. The molecule has 1 atom stereocenters. The summed E-state index contributed by atoms with van der Waals surface area (Å²) in [6, 6.07) is 10.0. The number of piperidine rings is 1. The highest BCUT2D eigenvalue weighted by Gasteiger charge is 2.34. The predicted molar refractivity (Wildman–Crippen MR) is 122 cm³/mol. The SMILES string of the molecule is CCCNC(=O)[C@@H](NC(=O)c1ccc2c(c1)OCO2)C1CCN(C(=O)c2ccccc2F)CC1. The molecule has 2 aliphatic heterocycles. The van der Waals surface area contributed by atoms with Gasteiger partial charge in [-0.3, -0.25) is 14.4 Å². The van der Waals surface area contributed by atoms with Gasteiger partial charge in [0.15, 0.2) is 11.5 Å². The van der Waals surface area contributed by atoms with Gasteiger partial charge in [0.1, 0.15) is 11.9 Å². The lowest BCUT2D eigenvalue weighted by Gasteiger charge is -2.36. The van der Waals surface area contributed by atoms with E-state index in [9.17, 15) is 18.8 Å². The summed E-state index contributed by atoms with van der Waals surface area (Å²) in [6.07, 6.45) is 1.78. The number of benzene rings is 2. The molecule has 34 heavy (non-hydrogen) atoms. The van der Waals surface area contributed by atoms with Crippen LogP contribution in [0, 0.1) is 11.7 Å². The fraction of sp³-hybridized carbons (Fsp3) is 0.400. The summed E-state index contributed by atoms with van der Waals surface area (Å²) in [5.74, 6) is -0.676. The van der Waals surface area contributed by atoms with Gasteiger partial charge in [-0.25, -0.2) is 4.39 Å². The van der Waals surface area contributed by atoms with Crippen molar-refractivity contribution in [1.82, 2.24) is 15.5 Å². The van der Waals surface area contributed by atoms with E-state index in [0.717, 1.165) is 6.42 Å². The van der Waals surface area contributed by atoms with E-state index < -0.39 is 11.9 Å². The molecule has 2 aromatic carbocycles. The molecule has 1 fully saturated rings. The number of fused-ring (bicyclic) bond motifs is 1. The molecule has 0 aliphatic carbocycles. The molecular formula is C25H28FN3O5. The summed E-state index contributed by atoms with van der Waals surface area (Å²) in [5, 5.41) is 5.74. The van der Waals surface area contributed by atoms with Crippen molar-refractivity contribution in [3.05, 3.63) is 59.4 Å². The van der Waals surface area contributed by atoms with Crippen molar-refractivity contribution in [2.45, 2.75) is 32.2 Å². The Bertz CT molecular complexity index is 1070. The summed E-state index contributed by atoms with van der Waals surface area (Å²) in [6.45, 7) is 3.30. The largest absolute Gasteiger partial charge is 0.454 e. The Labute approximate surface area is 197 Å². The Morgan fingerprint density at radius 3 is 2.56 bits per heavy atom. The maximum absolute atomic E-state index is 14.0. The molecule has 9 heteroatoms. The summed E-state index contributed by atoms with van der Waals surface area (Å²) in [5.41, 5.74) is 0.402. The molecule has 2 N–H and O–H groups in total. The minimum Gasteiger partial charge on any atom is -0.454 e. The first kappa shape index (κ1) is 23.5. The van der Waals surface area contributed by atoms with Crippen LogP contribution in [0.4, 0.5) is 4.39 Å². The van der Waals surface area contributed by atoms with Gasteiger partial charge in [0.05, 0.1) is 5.56 Å². The minimum absolute atomic E-state index is 0.0364. The smallest absolute Gasteiger partial charge is 0.256 e. The van der Waals surface area contributed by atoms with Crippen molar-refractivity contribution in [3.63, 3.8) is 0 Å². The highest BCUT2D eigenvalue weighted by Crippen LogP contribution is 2.32. The average molecular weight is 470 g/mol.